The van der Waals surface area contributed by atoms with Crippen LogP contribution in [0.3, 0.4) is 0 Å². The molecule has 0 aliphatic rings. The van der Waals surface area contributed by atoms with Crippen molar-refractivity contribution in [2.45, 2.75) is 219 Å². The van der Waals surface area contributed by atoms with Crippen molar-refractivity contribution in [1.82, 2.24) is 0 Å². The molecule has 0 aliphatic carbocycles. The number of unbranched alkanes of at least 4 members (excludes halogenated alkanes) is 14. The minimum atomic E-state index is -0.810. The molecule has 366 valence electrons. The van der Waals surface area contributed by atoms with Gasteiger partial charge in [0, 0.05) is 19.3 Å². The van der Waals surface area contributed by atoms with Gasteiger partial charge in [-0.15, -0.1) is 0 Å². The van der Waals surface area contributed by atoms with E-state index in [-0.39, 0.29) is 37.5 Å². The van der Waals surface area contributed by atoms with Gasteiger partial charge in [0.05, 0.1) is 0 Å². The number of ether oxygens (including phenoxy) is 3. The summed E-state index contributed by atoms with van der Waals surface area (Å²) in [7, 11) is 0. The van der Waals surface area contributed by atoms with E-state index >= 15 is 0 Å². The lowest BCUT2D eigenvalue weighted by Gasteiger charge is -2.18. The molecule has 0 aromatic heterocycles. The van der Waals surface area contributed by atoms with Gasteiger partial charge in [0.25, 0.3) is 0 Å². The molecule has 0 fully saturated rings. The molecule has 65 heavy (non-hydrogen) atoms. The molecule has 1 atom stereocenters. The first-order valence-electron chi connectivity index (χ1n) is 26.0. The molecule has 0 aromatic rings. The molecular formula is C59H94O6. The minimum absolute atomic E-state index is 0.104. The van der Waals surface area contributed by atoms with E-state index in [1.165, 1.54) is 38.5 Å². The number of allylic oxidation sites excluding steroid dienone is 20. The van der Waals surface area contributed by atoms with Crippen molar-refractivity contribution < 1.29 is 28.6 Å². The van der Waals surface area contributed by atoms with E-state index in [1.807, 2.05) is 0 Å². The van der Waals surface area contributed by atoms with Crippen LogP contribution in [0, 0.1) is 0 Å². The maximum absolute atomic E-state index is 12.8. The maximum Gasteiger partial charge on any atom is 0.306 e. The first-order chi connectivity index (χ1) is 32.0. The van der Waals surface area contributed by atoms with Crippen molar-refractivity contribution in [3.63, 3.8) is 0 Å². The average molecular weight is 899 g/mol. The summed E-state index contributed by atoms with van der Waals surface area (Å²) in [4.78, 5) is 37.9. The maximum atomic E-state index is 12.8. The fourth-order valence-corrected chi connectivity index (χ4v) is 6.61. The minimum Gasteiger partial charge on any atom is -0.462 e. The van der Waals surface area contributed by atoms with Gasteiger partial charge in [0.1, 0.15) is 13.2 Å². The molecular weight excluding hydrogens is 805 g/mol. The van der Waals surface area contributed by atoms with Crippen LogP contribution in [-0.2, 0) is 28.6 Å². The average Bonchev–Trinajstić information content (AvgIpc) is 3.30. The van der Waals surface area contributed by atoms with Gasteiger partial charge in [-0.2, -0.15) is 0 Å². The van der Waals surface area contributed by atoms with E-state index in [0.29, 0.717) is 19.3 Å². The van der Waals surface area contributed by atoms with E-state index in [1.54, 1.807) is 0 Å². The Morgan fingerprint density at radius 2 is 0.600 bits per heavy atom. The largest absolute Gasteiger partial charge is 0.462 e. The van der Waals surface area contributed by atoms with Gasteiger partial charge in [0.15, 0.2) is 6.10 Å². The van der Waals surface area contributed by atoms with Crippen LogP contribution in [0.2, 0.25) is 0 Å². The number of hydrogen-bond donors (Lipinski definition) is 0. The molecule has 0 bridgehead atoms. The number of hydrogen-bond acceptors (Lipinski definition) is 6. The van der Waals surface area contributed by atoms with Crippen LogP contribution in [0.1, 0.15) is 213 Å². The van der Waals surface area contributed by atoms with Crippen molar-refractivity contribution >= 4 is 17.9 Å². The third-order valence-electron chi connectivity index (χ3n) is 10.5. The topological polar surface area (TPSA) is 78.9 Å². The highest BCUT2D eigenvalue weighted by Crippen LogP contribution is 2.13. The Kier molecular flexibility index (Phi) is 49.1. The van der Waals surface area contributed by atoms with Crippen molar-refractivity contribution in [3.05, 3.63) is 122 Å². The van der Waals surface area contributed by atoms with Crippen LogP contribution in [0.4, 0.5) is 0 Å². The Morgan fingerprint density at radius 1 is 0.323 bits per heavy atom. The normalized spacial score (nSPS) is 13.1. The molecule has 0 saturated carbocycles. The second-order valence-electron chi connectivity index (χ2n) is 16.7. The summed E-state index contributed by atoms with van der Waals surface area (Å²) in [5.74, 6) is -0.984. The van der Waals surface area contributed by atoms with Gasteiger partial charge in [0.2, 0.25) is 0 Å². The molecule has 0 heterocycles. The number of rotatable bonds is 45. The molecule has 0 N–H and O–H groups in total. The lowest BCUT2D eigenvalue weighted by atomic mass is 10.1. The van der Waals surface area contributed by atoms with Gasteiger partial charge in [-0.05, 0) is 109 Å². The summed E-state index contributed by atoms with van der Waals surface area (Å²) < 4.78 is 16.7. The van der Waals surface area contributed by atoms with Gasteiger partial charge in [-0.25, -0.2) is 0 Å². The zero-order valence-electron chi connectivity index (χ0n) is 41.7. The molecule has 1 unspecified atom stereocenters. The SMILES string of the molecule is CC/C=C\C/C=C\C/C=C\C/C=C\C/C=C\C/C=C\CCCCC(=O)OCC(COC(=O)CCCCCCCCCCC)OC(=O)CCCCCC/C=C\C/C=C\C/C=C\C/C=C\CC. The van der Waals surface area contributed by atoms with Crippen LogP contribution in [-0.4, -0.2) is 37.2 Å². The Bertz CT molecular complexity index is 1400. The fourth-order valence-electron chi connectivity index (χ4n) is 6.61. The number of carbonyl (C=O) groups excluding carboxylic acids is 3. The summed E-state index contributed by atoms with van der Waals surface area (Å²) >= 11 is 0. The molecule has 0 rings (SSSR count). The Morgan fingerprint density at radius 3 is 0.969 bits per heavy atom. The van der Waals surface area contributed by atoms with E-state index in [4.69, 9.17) is 14.2 Å². The Labute approximate surface area is 399 Å². The van der Waals surface area contributed by atoms with Gasteiger partial charge in [-0.1, -0.05) is 206 Å². The highest BCUT2D eigenvalue weighted by atomic mass is 16.6. The quantitative estimate of drug-likeness (QED) is 0.0262. The summed E-state index contributed by atoms with van der Waals surface area (Å²) in [6, 6.07) is 0. The van der Waals surface area contributed by atoms with Gasteiger partial charge < -0.3 is 14.2 Å². The van der Waals surface area contributed by atoms with Gasteiger partial charge >= 0.3 is 17.9 Å². The van der Waals surface area contributed by atoms with Crippen LogP contribution in [0.25, 0.3) is 0 Å². The van der Waals surface area contributed by atoms with Crippen molar-refractivity contribution in [1.29, 1.82) is 0 Å². The summed E-state index contributed by atoms with van der Waals surface area (Å²) in [6.07, 6.45) is 71.9. The van der Waals surface area contributed by atoms with E-state index in [0.717, 1.165) is 128 Å². The van der Waals surface area contributed by atoms with Crippen molar-refractivity contribution in [3.8, 4) is 0 Å². The van der Waals surface area contributed by atoms with E-state index in [9.17, 15) is 14.4 Å². The zero-order valence-corrected chi connectivity index (χ0v) is 41.7. The monoisotopic (exact) mass is 899 g/mol. The molecule has 6 heteroatoms. The molecule has 6 nitrogen and oxygen atoms in total. The number of esters is 3. The Balaban J connectivity index is 4.47. The second kappa shape index (κ2) is 52.4. The first kappa shape index (κ1) is 60.8. The Hall–Kier alpha value is -4.19. The van der Waals surface area contributed by atoms with Gasteiger partial charge in [-0.3, -0.25) is 14.4 Å². The lowest BCUT2D eigenvalue weighted by Crippen LogP contribution is -2.30. The molecule has 0 saturated heterocycles. The predicted molar refractivity (Wildman–Crippen MR) is 279 cm³/mol. The highest BCUT2D eigenvalue weighted by molar-refractivity contribution is 5.71. The fraction of sp³-hybridized carbons (Fsp3) is 0.610. The van der Waals surface area contributed by atoms with Crippen LogP contribution in [0.15, 0.2) is 122 Å². The van der Waals surface area contributed by atoms with E-state index in [2.05, 4.69) is 142 Å². The van der Waals surface area contributed by atoms with Crippen molar-refractivity contribution in [2.24, 2.45) is 0 Å². The van der Waals surface area contributed by atoms with Crippen LogP contribution in [0.5, 0.6) is 0 Å². The van der Waals surface area contributed by atoms with Crippen molar-refractivity contribution in [2.75, 3.05) is 13.2 Å². The third kappa shape index (κ3) is 50.7. The molecule has 0 radical (unpaired) electrons. The second-order valence-corrected chi connectivity index (χ2v) is 16.7. The lowest BCUT2D eigenvalue weighted by molar-refractivity contribution is -0.167. The molecule has 0 amide bonds. The summed E-state index contributed by atoms with van der Waals surface area (Å²) in [6.45, 7) is 6.31. The predicted octanol–water partition coefficient (Wildman–Crippen LogP) is 17.3. The standard InChI is InChI=1S/C59H94O6/c1-4-7-10-13-16-19-21-23-25-27-28-29-30-32-33-35-37-40-43-46-49-52-58(61)64-55-56(54-63-57(60)51-48-45-42-39-18-15-12-9-6-3)65-59(62)53-50-47-44-41-38-36-34-31-26-24-22-20-17-14-11-8-5-2/h7-8,10-11,16-17,19-20,23-26,28-29,32-34,36-37,40,56H,4-6,9,12-15,18,21-22,27,30-31,35,38-39,41-55H2,1-3H3/b10-7-,11-8-,19-16-,20-17-,25-23-,26-24-,29-28-,33-32-,36-34-,40-37-. The smallest absolute Gasteiger partial charge is 0.306 e. The van der Waals surface area contributed by atoms with Crippen LogP contribution < -0.4 is 0 Å². The zero-order chi connectivity index (χ0) is 47.2. The first-order valence-corrected chi connectivity index (χ1v) is 26.0. The highest BCUT2D eigenvalue weighted by Gasteiger charge is 2.19. The van der Waals surface area contributed by atoms with E-state index < -0.39 is 6.10 Å². The summed E-state index contributed by atoms with van der Waals surface area (Å²) in [5.41, 5.74) is 0. The summed E-state index contributed by atoms with van der Waals surface area (Å²) in [5, 5.41) is 0. The third-order valence-corrected chi connectivity index (χ3v) is 10.5. The van der Waals surface area contributed by atoms with Crippen LogP contribution >= 0.6 is 0 Å². The number of carbonyl (C=O) groups is 3. The molecule has 0 aliphatic heterocycles. The molecule has 0 spiro atoms. The molecule has 0 aromatic carbocycles.